The second-order valence-corrected chi connectivity index (χ2v) is 7.32. The fourth-order valence-corrected chi connectivity index (χ4v) is 3.42. The van der Waals surface area contributed by atoms with E-state index >= 15 is 0 Å². The van der Waals surface area contributed by atoms with Gasteiger partial charge in [0.15, 0.2) is 5.13 Å². The highest BCUT2D eigenvalue weighted by molar-refractivity contribution is 7.17. The number of carbonyl (C=O) groups excluding carboxylic acids is 2. The third-order valence-corrected chi connectivity index (χ3v) is 5.26. The normalized spacial score (nSPS) is 24.5. The lowest BCUT2D eigenvalue weighted by Gasteiger charge is -2.17. The number of aromatic nitrogens is 1. The summed E-state index contributed by atoms with van der Waals surface area (Å²) in [6.45, 7) is 4.33. The second kappa shape index (κ2) is 5.87. The van der Waals surface area contributed by atoms with Crippen molar-refractivity contribution in [3.05, 3.63) is 11.1 Å². The van der Waals surface area contributed by atoms with Crippen LogP contribution in [0.4, 0.5) is 9.93 Å². The molecule has 1 aromatic heterocycles. The highest BCUT2D eigenvalue weighted by Crippen LogP contribution is 2.50. The van der Waals surface area contributed by atoms with E-state index < -0.39 is 5.97 Å². The maximum absolute atomic E-state index is 12.1. The zero-order valence-corrected chi connectivity index (χ0v) is 13.7. The van der Waals surface area contributed by atoms with Crippen LogP contribution in [0, 0.1) is 11.8 Å². The first-order valence-corrected chi connectivity index (χ1v) is 8.55. The summed E-state index contributed by atoms with van der Waals surface area (Å²) in [5.41, 5.74) is -0.0132. The Hall–Kier alpha value is -1.63. The minimum Gasteiger partial charge on any atom is -0.462 e. The lowest BCUT2D eigenvalue weighted by atomic mass is 10.1. The van der Waals surface area contributed by atoms with Crippen molar-refractivity contribution in [1.82, 2.24) is 10.3 Å². The first-order chi connectivity index (χ1) is 10.5. The van der Waals surface area contributed by atoms with Crippen LogP contribution in [-0.4, -0.2) is 29.1 Å². The van der Waals surface area contributed by atoms with E-state index in [1.54, 1.807) is 6.92 Å². The van der Waals surface area contributed by atoms with Crippen molar-refractivity contribution in [1.29, 1.82) is 0 Å². The van der Waals surface area contributed by atoms with Gasteiger partial charge in [-0.25, -0.2) is 14.6 Å². The smallest absolute Gasteiger partial charge is 0.350 e. The Kier molecular flexibility index (Phi) is 4.08. The van der Waals surface area contributed by atoms with Gasteiger partial charge in [-0.05, 0) is 44.4 Å². The number of hydrogen-bond donors (Lipinski definition) is 2. The molecule has 1 heterocycles. The molecular formula is C15H21N3O3S. The van der Waals surface area contributed by atoms with Crippen LogP contribution in [0.3, 0.4) is 0 Å². The molecule has 7 heteroatoms. The highest BCUT2D eigenvalue weighted by Gasteiger charge is 2.49. The minimum atomic E-state index is -0.408. The van der Waals surface area contributed by atoms with Crippen molar-refractivity contribution in [3.8, 4) is 0 Å². The SMILES string of the molecule is CCOC(=O)c1cnc(NC(=O)NC2(CC3C[C@@H]3C)CC2)s1. The molecule has 0 spiro atoms. The number of hydrogen-bond acceptors (Lipinski definition) is 5. The number of urea groups is 1. The zero-order valence-electron chi connectivity index (χ0n) is 12.8. The van der Waals surface area contributed by atoms with E-state index in [0.717, 1.165) is 42.4 Å². The molecule has 2 N–H and O–H groups in total. The molecule has 0 aromatic carbocycles. The van der Waals surface area contributed by atoms with Crippen molar-refractivity contribution in [2.24, 2.45) is 11.8 Å². The Balaban J connectivity index is 1.50. The summed E-state index contributed by atoms with van der Waals surface area (Å²) in [5.74, 6) is 1.15. The standard InChI is InChI=1S/C15H21N3O3S/c1-3-21-12(19)11-8-16-14(22-11)17-13(20)18-15(4-5-15)7-10-6-9(10)2/h8-10H,3-7H2,1-2H3,(H2,16,17,18,20)/t9-,10?/m0/s1. The molecular weight excluding hydrogens is 302 g/mol. The molecule has 1 unspecified atom stereocenters. The summed E-state index contributed by atoms with van der Waals surface area (Å²) >= 11 is 1.12. The number of nitrogens with one attached hydrogen (secondary N) is 2. The summed E-state index contributed by atoms with van der Waals surface area (Å²) in [6, 6.07) is -0.240. The molecule has 2 aliphatic carbocycles. The Morgan fingerprint density at radius 1 is 1.50 bits per heavy atom. The van der Waals surface area contributed by atoms with Gasteiger partial charge in [0.05, 0.1) is 12.8 Å². The largest absolute Gasteiger partial charge is 0.462 e. The molecule has 2 atom stereocenters. The van der Waals surface area contributed by atoms with Gasteiger partial charge in [0.2, 0.25) is 0 Å². The van der Waals surface area contributed by atoms with Gasteiger partial charge >= 0.3 is 12.0 Å². The fraction of sp³-hybridized carbons (Fsp3) is 0.667. The topological polar surface area (TPSA) is 80.3 Å². The Bertz CT molecular complexity index is 582. The molecule has 2 amide bonds. The average molecular weight is 323 g/mol. The third kappa shape index (κ3) is 3.58. The Morgan fingerprint density at radius 3 is 2.82 bits per heavy atom. The van der Waals surface area contributed by atoms with Gasteiger partial charge in [-0.15, -0.1) is 0 Å². The number of nitrogens with zero attached hydrogens (tertiary/aromatic N) is 1. The maximum atomic E-state index is 12.1. The van der Waals surface area contributed by atoms with Gasteiger partial charge in [0, 0.05) is 5.54 Å². The van der Waals surface area contributed by atoms with E-state index in [2.05, 4.69) is 22.5 Å². The maximum Gasteiger partial charge on any atom is 0.350 e. The quantitative estimate of drug-likeness (QED) is 0.789. The van der Waals surface area contributed by atoms with Crippen molar-refractivity contribution in [2.45, 2.75) is 45.1 Å². The number of amides is 2. The van der Waals surface area contributed by atoms with Crippen molar-refractivity contribution >= 4 is 28.5 Å². The molecule has 2 saturated carbocycles. The lowest BCUT2D eigenvalue weighted by Crippen LogP contribution is -2.40. The predicted octanol–water partition coefficient (Wildman–Crippen LogP) is 3.02. The van der Waals surface area contributed by atoms with Crippen LogP contribution in [0.2, 0.25) is 0 Å². The minimum absolute atomic E-state index is 0.0132. The molecule has 0 radical (unpaired) electrons. The number of thiazole rings is 1. The summed E-state index contributed by atoms with van der Waals surface area (Å²) in [4.78, 5) is 28.1. The van der Waals surface area contributed by atoms with Gasteiger partial charge in [-0.3, -0.25) is 5.32 Å². The number of anilines is 1. The van der Waals surface area contributed by atoms with Gasteiger partial charge in [0.25, 0.3) is 0 Å². The van der Waals surface area contributed by atoms with Crippen LogP contribution in [0.5, 0.6) is 0 Å². The fourth-order valence-electron chi connectivity index (χ4n) is 2.71. The highest BCUT2D eigenvalue weighted by atomic mass is 32.1. The van der Waals surface area contributed by atoms with Gasteiger partial charge in [-0.2, -0.15) is 0 Å². The number of esters is 1. The van der Waals surface area contributed by atoms with Gasteiger partial charge in [-0.1, -0.05) is 18.3 Å². The van der Waals surface area contributed by atoms with E-state index in [1.165, 1.54) is 12.6 Å². The second-order valence-electron chi connectivity index (χ2n) is 6.29. The molecule has 0 aliphatic heterocycles. The summed E-state index contributed by atoms with van der Waals surface area (Å²) in [5, 5.41) is 6.19. The third-order valence-electron chi connectivity index (χ3n) is 4.36. The molecule has 1 aromatic rings. The first kappa shape index (κ1) is 15.3. The van der Waals surface area contributed by atoms with E-state index in [4.69, 9.17) is 4.74 Å². The molecule has 2 fully saturated rings. The summed E-state index contributed by atoms with van der Waals surface area (Å²) in [6.07, 6.45) is 5.89. The molecule has 2 aliphatic rings. The van der Waals surface area contributed by atoms with Crippen LogP contribution < -0.4 is 10.6 Å². The van der Waals surface area contributed by atoms with Crippen LogP contribution in [0.15, 0.2) is 6.20 Å². The Labute approximate surface area is 133 Å². The average Bonchev–Trinajstić information content (AvgIpc) is 3.30. The van der Waals surface area contributed by atoms with Crippen LogP contribution in [0.25, 0.3) is 0 Å². The summed E-state index contributed by atoms with van der Waals surface area (Å²) < 4.78 is 4.90. The Morgan fingerprint density at radius 2 is 2.23 bits per heavy atom. The zero-order chi connectivity index (χ0) is 15.7. The molecule has 6 nitrogen and oxygen atoms in total. The van der Waals surface area contributed by atoms with Crippen LogP contribution >= 0.6 is 11.3 Å². The molecule has 0 saturated heterocycles. The van der Waals surface area contributed by atoms with Crippen LogP contribution in [0.1, 0.15) is 49.2 Å². The molecule has 0 bridgehead atoms. The predicted molar refractivity (Wildman–Crippen MR) is 84.1 cm³/mol. The van der Waals surface area contributed by atoms with E-state index in [9.17, 15) is 9.59 Å². The van der Waals surface area contributed by atoms with Crippen LogP contribution in [-0.2, 0) is 4.74 Å². The van der Waals surface area contributed by atoms with E-state index in [0.29, 0.717) is 16.6 Å². The van der Waals surface area contributed by atoms with Crippen molar-refractivity contribution in [2.75, 3.05) is 11.9 Å². The lowest BCUT2D eigenvalue weighted by molar-refractivity contribution is 0.0532. The van der Waals surface area contributed by atoms with Crippen molar-refractivity contribution < 1.29 is 14.3 Å². The molecule has 120 valence electrons. The van der Waals surface area contributed by atoms with Gasteiger partial charge in [0.1, 0.15) is 4.88 Å². The molecule has 22 heavy (non-hydrogen) atoms. The summed E-state index contributed by atoms with van der Waals surface area (Å²) in [7, 11) is 0. The number of rotatable bonds is 6. The molecule has 3 rings (SSSR count). The van der Waals surface area contributed by atoms with Crippen molar-refractivity contribution in [3.63, 3.8) is 0 Å². The van der Waals surface area contributed by atoms with E-state index in [-0.39, 0.29) is 11.6 Å². The number of ether oxygens (including phenoxy) is 1. The first-order valence-electron chi connectivity index (χ1n) is 7.73. The number of carbonyl (C=O) groups is 2. The monoisotopic (exact) mass is 323 g/mol. The van der Waals surface area contributed by atoms with E-state index in [1.807, 2.05) is 0 Å². The van der Waals surface area contributed by atoms with Gasteiger partial charge < -0.3 is 10.1 Å².